The van der Waals surface area contributed by atoms with Crippen molar-refractivity contribution in [2.24, 2.45) is 11.8 Å². The van der Waals surface area contributed by atoms with Gasteiger partial charge in [0.25, 0.3) is 0 Å². The van der Waals surface area contributed by atoms with Gasteiger partial charge in [-0.1, -0.05) is 27.7 Å². The Morgan fingerprint density at radius 2 is 2.10 bits per heavy atom. The molecule has 3 atom stereocenters. The zero-order valence-electron chi connectivity index (χ0n) is 13.8. The van der Waals surface area contributed by atoms with Gasteiger partial charge in [-0.2, -0.15) is 0 Å². The lowest BCUT2D eigenvalue weighted by atomic mass is 9.99. The molecule has 1 amide bonds. The first-order valence-electron chi connectivity index (χ1n) is 8.22. The monoisotopic (exact) mass is 281 g/mol. The quantitative estimate of drug-likeness (QED) is 0.836. The van der Waals surface area contributed by atoms with Crippen LogP contribution in [-0.4, -0.2) is 53.6 Å². The Kier molecular flexibility index (Phi) is 4.75. The van der Waals surface area contributed by atoms with E-state index in [-0.39, 0.29) is 11.7 Å². The average molecular weight is 281 g/mol. The van der Waals surface area contributed by atoms with E-state index in [1.807, 2.05) is 0 Å². The zero-order valence-corrected chi connectivity index (χ0v) is 13.8. The molecule has 2 aliphatic heterocycles. The molecule has 0 radical (unpaired) electrons. The van der Waals surface area contributed by atoms with E-state index >= 15 is 0 Å². The van der Waals surface area contributed by atoms with Gasteiger partial charge >= 0.3 is 0 Å². The molecule has 0 bridgehead atoms. The number of amides is 1. The second-order valence-electron chi connectivity index (χ2n) is 7.02. The molecule has 4 heteroatoms. The van der Waals surface area contributed by atoms with E-state index in [2.05, 4.69) is 49.7 Å². The van der Waals surface area contributed by atoms with Gasteiger partial charge in [-0.05, 0) is 44.7 Å². The largest absolute Gasteiger partial charge is 0.325 e. The van der Waals surface area contributed by atoms with E-state index in [1.165, 1.54) is 13.0 Å². The number of nitrogens with one attached hydrogen (secondary N) is 1. The minimum atomic E-state index is -0.363. The van der Waals surface area contributed by atoms with E-state index in [1.54, 1.807) is 0 Å². The van der Waals surface area contributed by atoms with Gasteiger partial charge in [-0.25, -0.2) is 0 Å². The van der Waals surface area contributed by atoms with Gasteiger partial charge in [-0.15, -0.1) is 0 Å². The molecular weight excluding hydrogens is 250 g/mol. The van der Waals surface area contributed by atoms with Crippen LogP contribution in [0.25, 0.3) is 0 Å². The number of likely N-dealkylation sites (tertiary alicyclic amines) is 1. The Morgan fingerprint density at radius 1 is 1.40 bits per heavy atom. The van der Waals surface area contributed by atoms with E-state index < -0.39 is 0 Å². The molecule has 0 aromatic rings. The third-order valence-corrected chi connectivity index (χ3v) is 5.15. The standard InChI is InChI=1S/C16H31N3O/c1-6-16(5)15(20)19(14(17-16)12(3)4)11-13-8-9-18(7-2)10-13/h12-14,17H,6-11H2,1-5H3. The molecule has 2 rings (SSSR count). The molecule has 0 aromatic heterocycles. The molecule has 0 aromatic carbocycles. The second kappa shape index (κ2) is 6.02. The summed E-state index contributed by atoms with van der Waals surface area (Å²) in [4.78, 5) is 17.4. The van der Waals surface area contributed by atoms with Crippen LogP contribution in [0.15, 0.2) is 0 Å². The Balaban J connectivity index is 2.06. The van der Waals surface area contributed by atoms with Crippen molar-refractivity contribution >= 4 is 5.91 Å². The zero-order chi connectivity index (χ0) is 14.9. The van der Waals surface area contributed by atoms with Crippen LogP contribution in [0.5, 0.6) is 0 Å². The summed E-state index contributed by atoms with van der Waals surface area (Å²) in [6, 6.07) is 0. The van der Waals surface area contributed by atoms with Gasteiger partial charge in [0.2, 0.25) is 5.91 Å². The molecule has 3 unspecified atom stereocenters. The fourth-order valence-electron chi connectivity index (χ4n) is 3.51. The first-order valence-corrected chi connectivity index (χ1v) is 8.22. The van der Waals surface area contributed by atoms with Crippen LogP contribution in [0.2, 0.25) is 0 Å². The van der Waals surface area contributed by atoms with E-state index in [0.29, 0.717) is 17.7 Å². The molecular formula is C16H31N3O. The topological polar surface area (TPSA) is 35.6 Å². The molecule has 2 heterocycles. The highest BCUT2D eigenvalue weighted by molar-refractivity contribution is 5.88. The van der Waals surface area contributed by atoms with E-state index in [9.17, 15) is 4.79 Å². The van der Waals surface area contributed by atoms with Crippen molar-refractivity contribution < 1.29 is 4.79 Å². The molecule has 4 nitrogen and oxygen atoms in total. The number of rotatable bonds is 5. The van der Waals surface area contributed by atoms with Crippen LogP contribution in [-0.2, 0) is 4.79 Å². The van der Waals surface area contributed by atoms with Gasteiger partial charge in [0.1, 0.15) is 0 Å². The SMILES string of the molecule is CCN1CCC(CN2C(=O)C(C)(CC)NC2C(C)C)C1. The number of hydrogen-bond donors (Lipinski definition) is 1. The predicted octanol–water partition coefficient (Wildman–Crippen LogP) is 1.91. The Bertz CT molecular complexity index is 358. The van der Waals surface area contributed by atoms with Crippen molar-refractivity contribution in [2.45, 2.75) is 59.2 Å². The van der Waals surface area contributed by atoms with Crippen LogP contribution >= 0.6 is 0 Å². The molecule has 20 heavy (non-hydrogen) atoms. The molecule has 2 saturated heterocycles. The molecule has 1 N–H and O–H groups in total. The maximum Gasteiger partial charge on any atom is 0.243 e. The number of carbonyl (C=O) groups is 1. The van der Waals surface area contributed by atoms with Crippen LogP contribution < -0.4 is 5.32 Å². The highest BCUT2D eigenvalue weighted by Crippen LogP contribution is 2.29. The van der Waals surface area contributed by atoms with Crippen LogP contribution in [0.4, 0.5) is 0 Å². The summed E-state index contributed by atoms with van der Waals surface area (Å²) >= 11 is 0. The van der Waals surface area contributed by atoms with Crippen molar-refractivity contribution in [3.05, 3.63) is 0 Å². The minimum absolute atomic E-state index is 0.197. The Hall–Kier alpha value is -0.610. The Morgan fingerprint density at radius 3 is 2.60 bits per heavy atom. The van der Waals surface area contributed by atoms with Crippen LogP contribution in [0.3, 0.4) is 0 Å². The summed E-state index contributed by atoms with van der Waals surface area (Å²) in [5, 5.41) is 3.58. The van der Waals surface area contributed by atoms with Crippen LogP contribution in [0, 0.1) is 11.8 Å². The van der Waals surface area contributed by atoms with Crippen molar-refractivity contribution in [3.63, 3.8) is 0 Å². The van der Waals surface area contributed by atoms with Gasteiger partial charge in [0.15, 0.2) is 0 Å². The lowest BCUT2D eigenvalue weighted by Crippen LogP contribution is -2.45. The fourth-order valence-corrected chi connectivity index (χ4v) is 3.51. The van der Waals surface area contributed by atoms with Crippen molar-refractivity contribution in [1.82, 2.24) is 15.1 Å². The first kappa shape index (κ1) is 15.8. The first-order chi connectivity index (χ1) is 9.41. The van der Waals surface area contributed by atoms with Gasteiger partial charge < -0.3 is 9.80 Å². The maximum absolute atomic E-state index is 12.8. The third kappa shape index (κ3) is 2.86. The van der Waals surface area contributed by atoms with Crippen molar-refractivity contribution in [2.75, 3.05) is 26.2 Å². The summed E-state index contributed by atoms with van der Waals surface area (Å²) in [5.41, 5.74) is -0.363. The molecule has 2 fully saturated rings. The average Bonchev–Trinajstić information content (AvgIpc) is 2.97. The highest BCUT2D eigenvalue weighted by Gasteiger charge is 2.48. The summed E-state index contributed by atoms with van der Waals surface area (Å²) in [5.74, 6) is 1.39. The normalized spacial score (nSPS) is 35.5. The lowest BCUT2D eigenvalue weighted by molar-refractivity contribution is -0.133. The highest BCUT2D eigenvalue weighted by atomic mass is 16.2. The van der Waals surface area contributed by atoms with E-state index in [0.717, 1.165) is 26.1 Å². The fraction of sp³-hybridized carbons (Fsp3) is 0.938. The molecule has 2 aliphatic rings. The summed E-state index contributed by atoms with van der Waals surface area (Å²) in [7, 11) is 0. The lowest BCUT2D eigenvalue weighted by Gasteiger charge is -2.29. The summed E-state index contributed by atoms with van der Waals surface area (Å²) < 4.78 is 0. The smallest absolute Gasteiger partial charge is 0.243 e. The number of nitrogens with zero attached hydrogens (tertiary/aromatic N) is 2. The summed E-state index contributed by atoms with van der Waals surface area (Å²) in [6.07, 6.45) is 2.28. The van der Waals surface area contributed by atoms with E-state index in [4.69, 9.17) is 0 Å². The Labute approximate surface area is 123 Å². The van der Waals surface area contributed by atoms with Crippen molar-refractivity contribution in [3.8, 4) is 0 Å². The molecule has 0 spiro atoms. The van der Waals surface area contributed by atoms with Crippen molar-refractivity contribution in [1.29, 1.82) is 0 Å². The predicted molar refractivity (Wildman–Crippen MR) is 82.4 cm³/mol. The summed E-state index contributed by atoms with van der Waals surface area (Å²) in [6.45, 7) is 15.2. The van der Waals surface area contributed by atoms with Gasteiger partial charge in [-0.3, -0.25) is 10.1 Å². The third-order valence-electron chi connectivity index (χ3n) is 5.15. The second-order valence-corrected chi connectivity index (χ2v) is 7.02. The maximum atomic E-state index is 12.8. The minimum Gasteiger partial charge on any atom is -0.325 e. The molecule has 0 aliphatic carbocycles. The van der Waals surface area contributed by atoms with Crippen LogP contribution in [0.1, 0.15) is 47.5 Å². The number of hydrogen-bond acceptors (Lipinski definition) is 3. The van der Waals surface area contributed by atoms with Gasteiger partial charge in [0.05, 0.1) is 11.7 Å². The molecule has 116 valence electrons. The van der Waals surface area contributed by atoms with Gasteiger partial charge in [0, 0.05) is 13.1 Å². The number of carbonyl (C=O) groups excluding carboxylic acids is 1. The molecule has 0 saturated carbocycles.